The summed E-state index contributed by atoms with van der Waals surface area (Å²) in [6.07, 6.45) is 4.09. The molecule has 0 aliphatic carbocycles. The largest absolute Gasteiger partial charge is 0.496 e. The van der Waals surface area contributed by atoms with Gasteiger partial charge in [-0.15, -0.1) is 0 Å². The van der Waals surface area contributed by atoms with Crippen molar-refractivity contribution in [2.45, 2.75) is 43.5 Å². The van der Waals surface area contributed by atoms with Crippen molar-refractivity contribution in [3.63, 3.8) is 0 Å². The summed E-state index contributed by atoms with van der Waals surface area (Å²) < 4.78 is 35.5. The minimum Gasteiger partial charge on any atom is -0.496 e. The normalized spacial score (nSPS) is 15.3. The highest BCUT2D eigenvalue weighted by atomic mass is 32.2. The summed E-state index contributed by atoms with van der Waals surface area (Å²) in [6, 6.07) is 21.2. The van der Waals surface area contributed by atoms with Crippen LogP contribution in [-0.4, -0.2) is 39.4 Å². The highest BCUT2D eigenvalue weighted by molar-refractivity contribution is 7.89. The maximum Gasteiger partial charge on any atom is 0.257 e. The van der Waals surface area contributed by atoms with E-state index in [0.717, 1.165) is 42.4 Å². The van der Waals surface area contributed by atoms with E-state index in [1.54, 1.807) is 11.0 Å². The van der Waals surface area contributed by atoms with Gasteiger partial charge in [-0.1, -0.05) is 73.0 Å². The second-order valence-corrected chi connectivity index (χ2v) is 10.7. The average molecular weight is 493 g/mol. The third-order valence-electron chi connectivity index (χ3n) is 6.42. The summed E-state index contributed by atoms with van der Waals surface area (Å²) in [5.74, 6) is 0.176. The number of carbonyl (C=O) groups excluding carboxylic acids is 1. The predicted molar refractivity (Wildman–Crippen MR) is 137 cm³/mol. The average Bonchev–Trinajstić information content (AvgIpc) is 3.17. The zero-order valence-electron chi connectivity index (χ0n) is 20.2. The second-order valence-electron chi connectivity index (χ2n) is 8.94. The van der Waals surface area contributed by atoms with E-state index >= 15 is 0 Å². The lowest BCUT2D eigenvalue weighted by Gasteiger charge is -2.23. The molecule has 184 valence electrons. The minimum absolute atomic E-state index is 0.0320. The van der Waals surface area contributed by atoms with Crippen LogP contribution < -0.4 is 9.46 Å². The Morgan fingerprint density at radius 3 is 2.14 bits per heavy atom. The van der Waals surface area contributed by atoms with Crippen molar-refractivity contribution in [2.75, 3.05) is 20.2 Å². The molecule has 0 saturated carbocycles. The van der Waals surface area contributed by atoms with Crippen molar-refractivity contribution < 1.29 is 17.9 Å². The van der Waals surface area contributed by atoms with Gasteiger partial charge in [0.15, 0.2) is 0 Å². The number of carbonyl (C=O) groups is 1. The molecule has 0 unspecified atom stereocenters. The number of likely N-dealkylation sites (tertiary alicyclic amines) is 1. The zero-order chi connectivity index (χ0) is 24.8. The van der Waals surface area contributed by atoms with Gasteiger partial charge in [0.2, 0.25) is 10.0 Å². The van der Waals surface area contributed by atoms with Crippen molar-refractivity contribution in [3.8, 4) is 5.75 Å². The molecule has 3 aromatic carbocycles. The lowest BCUT2D eigenvalue weighted by molar-refractivity contribution is 0.0758. The molecular weight excluding hydrogens is 460 g/mol. The molecule has 0 radical (unpaired) electrons. The molecule has 1 heterocycles. The van der Waals surface area contributed by atoms with Crippen molar-refractivity contribution in [3.05, 3.63) is 95.1 Å². The van der Waals surface area contributed by atoms with Crippen molar-refractivity contribution in [2.24, 2.45) is 0 Å². The van der Waals surface area contributed by atoms with Crippen LogP contribution in [0.15, 0.2) is 77.7 Å². The molecule has 3 aromatic rings. The number of ether oxygens (including phenoxy) is 1. The van der Waals surface area contributed by atoms with Crippen molar-refractivity contribution in [1.82, 2.24) is 9.62 Å². The van der Waals surface area contributed by atoms with Crippen LogP contribution in [0.5, 0.6) is 5.75 Å². The van der Waals surface area contributed by atoms with Crippen LogP contribution >= 0.6 is 0 Å². The number of amides is 1. The Morgan fingerprint density at radius 1 is 0.886 bits per heavy atom. The maximum atomic E-state index is 13.6. The first kappa shape index (κ1) is 24.9. The maximum absolute atomic E-state index is 13.6. The van der Waals surface area contributed by atoms with Crippen LogP contribution in [0.25, 0.3) is 0 Å². The predicted octanol–water partition coefficient (Wildman–Crippen LogP) is 5.09. The first-order chi connectivity index (χ1) is 16.9. The Kier molecular flexibility index (Phi) is 7.88. The van der Waals surface area contributed by atoms with Crippen molar-refractivity contribution in [1.29, 1.82) is 0 Å². The number of aryl methyl sites for hydroxylation is 1. The molecule has 1 aliphatic rings. The molecule has 1 amide bonds. The number of rotatable bonds is 7. The number of methoxy groups -OCH3 is 1. The fraction of sp³-hybridized carbons (Fsp3) is 0.321. The van der Waals surface area contributed by atoms with Gasteiger partial charge >= 0.3 is 0 Å². The molecule has 0 aromatic heterocycles. The van der Waals surface area contributed by atoms with Crippen LogP contribution in [0.4, 0.5) is 0 Å². The molecule has 1 aliphatic heterocycles. The van der Waals surface area contributed by atoms with Gasteiger partial charge in [-0.05, 0) is 49.1 Å². The third-order valence-corrected chi connectivity index (χ3v) is 7.84. The topological polar surface area (TPSA) is 75.7 Å². The lowest BCUT2D eigenvalue weighted by atomic mass is 9.99. The molecule has 0 spiro atoms. The Hall–Kier alpha value is -3.16. The number of nitrogens with zero attached hydrogens (tertiary/aromatic N) is 1. The molecule has 1 fully saturated rings. The summed E-state index contributed by atoms with van der Waals surface area (Å²) in [4.78, 5) is 15.2. The van der Waals surface area contributed by atoms with Gasteiger partial charge in [0.1, 0.15) is 5.75 Å². The molecule has 4 rings (SSSR count). The fourth-order valence-electron chi connectivity index (χ4n) is 4.42. The van der Waals surface area contributed by atoms with Crippen LogP contribution in [0, 0.1) is 6.92 Å². The smallest absolute Gasteiger partial charge is 0.257 e. The Labute approximate surface area is 208 Å². The zero-order valence-corrected chi connectivity index (χ0v) is 21.1. The van der Waals surface area contributed by atoms with E-state index in [2.05, 4.69) is 4.72 Å². The molecule has 1 N–H and O–H groups in total. The van der Waals surface area contributed by atoms with E-state index in [1.807, 2.05) is 61.5 Å². The van der Waals surface area contributed by atoms with Crippen molar-refractivity contribution >= 4 is 15.9 Å². The van der Waals surface area contributed by atoms with E-state index in [0.29, 0.717) is 18.8 Å². The quantitative estimate of drug-likeness (QED) is 0.499. The first-order valence-corrected chi connectivity index (χ1v) is 13.5. The first-order valence-electron chi connectivity index (χ1n) is 12.0. The SMILES string of the molecule is COc1ccc(S(=O)(=O)N[C@@H](c2ccccc2)c2ccc(C)cc2)cc1C(=O)N1CCCCCC1. The van der Waals surface area contributed by atoms with E-state index < -0.39 is 16.1 Å². The highest BCUT2D eigenvalue weighted by Gasteiger charge is 2.27. The monoisotopic (exact) mass is 492 g/mol. The number of hydrogen-bond donors (Lipinski definition) is 1. The van der Waals surface area contributed by atoms with Gasteiger partial charge in [0, 0.05) is 13.1 Å². The van der Waals surface area contributed by atoms with E-state index in [-0.39, 0.29) is 16.4 Å². The molecule has 1 saturated heterocycles. The number of benzene rings is 3. The molecule has 7 heteroatoms. The molecule has 0 bridgehead atoms. The lowest BCUT2D eigenvalue weighted by Crippen LogP contribution is -2.33. The summed E-state index contributed by atoms with van der Waals surface area (Å²) in [5, 5.41) is 0. The van der Waals surface area contributed by atoms with E-state index in [4.69, 9.17) is 4.74 Å². The van der Waals surface area contributed by atoms with Gasteiger partial charge in [0.25, 0.3) is 5.91 Å². The number of hydrogen-bond acceptors (Lipinski definition) is 4. The molecule has 35 heavy (non-hydrogen) atoms. The second kappa shape index (κ2) is 11.1. The van der Waals surface area contributed by atoms with Crippen LogP contribution in [0.1, 0.15) is 58.8 Å². The van der Waals surface area contributed by atoms with Gasteiger partial charge in [-0.2, -0.15) is 4.72 Å². The standard InChI is InChI=1S/C28H32N2O4S/c1-21-12-14-23(15-13-21)27(22-10-6-5-7-11-22)29-35(32,33)24-16-17-26(34-2)25(20-24)28(31)30-18-8-3-4-9-19-30/h5-7,10-17,20,27,29H,3-4,8-9,18-19H2,1-2H3/t27-/m0/s1. The molecule has 6 nitrogen and oxygen atoms in total. The summed E-state index contributed by atoms with van der Waals surface area (Å²) in [5.41, 5.74) is 3.02. The van der Waals surface area contributed by atoms with Gasteiger partial charge in [-0.3, -0.25) is 4.79 Å². The van der Waals surface area contributed by atoms with E-state index in [1.165, 1.54) is 19.2 Å². The Balaban J connectivity index is 1.69. The third kappa shape index (κ3) is 5.92. The minimum atomic E-state index is -3.96. The van der Waals surface area contributed by atoms with Crippen LogP contribution in [-0.2, 0) is 10.0 Å². The van der Waals surface area contributed by atoms with Crippen LogP contribution in [0.2, 0.25) is 0 Å². The molecule has 1 atom stereocenters. The summed E-state index contributed by atoms with van der Waals surface area (Å²) in [7, 11) is -2.47. The van der Waals surface area contributed by atoms with E-state index in [9.17, 15) is 13.2 Å². The van der Waals surface area contributed by atoms with Gasteiger partial charge in [0.05, 0.1) is 23.6 Å². The van der Waals surface area contributed by atoms with Gasteiger partial charge in [-0.25, -0.2) is 8.42 Å². The van der Waals surface area contributed by atoms with Crippen LogP contribution in [0.3, 0.4) is 0 Å². The number of sulfonamides is 1. The summed E-state index contributed by atoms with van der Waals surface area (Å²) >= 11 is 0. The Morgan fingerprint density at radius 2 is 1.51 bits per heavy atom. The van der Waals surface area contributed by atoms with Gasteiger partial charge < -0.3 is 9.64 Å². The Bertz CT molecular complexity index is 1250. The highest BCUT2D eigenvalue weighted by Crippen LogP contribution is 2.28. The number of nitrogens with one attached hydrogen (secondary N) is 1. The molecular formula is C28H32N2O4S. The fourth-order valence-corrected chi connectivity index (χ4v) is 5.66. The summed E-state index contributed by atoms with van der Waals surface area (Å²) in [6.45, 7) is 3.33.